The molecule has 2 aromatic carbocycles. The molecule has 7 heteroatoms. The fourth-order valence-electron chi connectivity index (χ4n) is 4.82. The van der Waals surface area contributed by atoms with Gasteiger partial charge in [-0.25, -0.2) is 4.98 Å². The minimum Gasteiger partial charge on any atom is -0.378 e. The number of methoxy groups -OCH3 is 1. The van der Waals surface area contributed by atoms with Gasteiger partial charge in [-0.15, -0.1) is 0 Å². The van der Waals surface area contributed by atoms with Gasteiger partial charge in [0.25, 0.3) is 0 Å². The van der Waals surface area contributed by atoms with E-state index in [4.69, 9.17) is 45.1 Å². The number of aromatic nitrogens is 1. The second-order valence-electron chi connectivity index (χ2n) is 9.22. The van der Waals surface area contributed by atoms with Crippen LogP contribution < -0.4 is 5.32 Å². The van der Waals surface area contributed by atoms with Crippen molar-refractivity contribution in [1.29, 1.82) is 0 Å². The molecule has 184 valence electrons. The van der Waals surface area contributed by atoms with Gasteiger partial charge in [-0.05, 0) is 62.8 Å². The van der Waals surface area contributed by atoms with E-state index in [1.54, 1.807) is 7.11 Å². The van der Waals surface area contributed by atoms with Gasteiger partial charge in [0.1, 0.15) is 4.99 Å². The van der Waals surface area contributed by atoms with Crippen LogP contribution in [0.25, 0.3) is 22.4 Å². The van der Waals surface area contributed by atoms with Gasteiger partial charge in [-0.2, -0.15) is 0 Å². The van der Waals surface area contributed by atoms with Gasteiger partial charge in [-0.3, -0.25) is 0 Å². The Morgan fingerprint density at radius 1 is 1.00 bits per heavy atom. The van der Waals surface area contributed by atoms with E-state index < -0.39 is 0 Å². The quantitative estimate of drug-likeness (QED) is 0.334. The van der Waals surface area contributed by atoms with Crippen LogP contribution in [0.1, 0.15) is 36.9 Å². The van der Waals surface area contributed by atoms with Crippen molar-refractivity contribution in [2.24, 2.45) is 0 Å². The molecule has 1 N–H and O–H groups in total. The zero-order valence-corrected chi connectivity index (χ0v) is 22.7. The van der Waals surface area contributed by atoms with E-state index >= 15 is 0 Å². The third-order valence-corrected chi connectivity index (χ3v) is 7.45. The number of likely N-dealkylation sites (N-methyl/N-ethyl adjacent to an activating group) is 1. The smallest absolute Gasteiger partial charge is 0.108 e. The second-order valence-corrected chi connectivity index (χ2v) is 10.5. The van der Waals surface area contributed by atoms with Crippen LogP contribution in [0.2, 0.25) is 10.0 Å². The lowest BCUT2D eigenvalue weighted by Gasteiger charge is -2.37. The SMILES string of the molecule is COCc1nc(-c2ccc(Cl)cc2)c(-c2ccc(Cl)cc2)cc1C(=S)NC1CCCCC1N(C)C. The highest BCUT2D eigenvalue weighted by Crippen LogP contribution is 2.34. The Morgan fingerprint density at radius 2 is 1.60 bits per heavy atom. The van der Waals surface area contributed by atoms with Crippen molar-refractivity contribution in [3.8, 4) is 22.4 Å². The van der Waals surface area contributed by atoms with E-state index in [2.05, 4.69) is 30.4 Å². The first-order chi connectivity index (χ1) is 16.9. The minimum absolute atomic E-state index is 0.302. The molecule has 1 heterocycles. The first-order valence-electron chi connectivity index (χ1n) is 11.9. The van der Waals surface area contributed by atoms with Crippen molar-refractivity contribution in [3.05, 3.63) is 75.9 Å². The fraction of sp³-hybridized carbons (Fsp3) is 0.357. The fourth-order valence-corrected chi connectivity index (χ4v) is 5.40. The van der Waals surface area contributed by atoms with E-state index in [9.17, 15) is 0 Å². The number of nitrogens with zero attached hydrogens (tertiary/aromatic N) is 2. The molecule has 1 fully saturated rings. The molecule has 0 aliphatic heterocycles. The lowest BCUT2D eigenvalue weighted by molar-refractivity contribution is 0.181. The number of pyridine rings is 1. The maximum absolute atomic E-state index is 6.19. The minimum atomic E-state index is 0.302. The van der Waals surface area contributed by atoms with Crippen LogP contribution in [-0.2, 0) is 11.3 Å². The number of benzene rings is 2. The van der Waals surface area contributed by atoms with E-state index in [1.165, 1.54) is 19.3 Å². The molecule has 0 bridgehead atoms. The summed E-state index contributed by atoms with van der Waals surface area (Å²) in [4.78, 5) is 8.10. The van der Waals surface area contributed by atoms with Crippen LogP contribution in [0.3, 0.4) is 0 Å². The Balaban J connectivity index is 1.80. The van der Waals surface area contributed by atoms with Crippen molar-refractivity contribution < 1.29 is 4.74 Å². The average Bonchev–Trinajstić information content (AvgIpc) is 2.85. The molecule has 4 nitrogen and oxygen atoms in total. The molecule has 0 amide bonds. The van der Waals surface area contributed by atoms with Gasteiger partial charge < -0.3 is 15.0 Å². The summed E-state index contributed by atoms with van der Waals surface area (Å²) in [6, 6.07) is 18.4. The molecule has 3 aromatic rings. The first-order valence-corrected chi connectivity index (χ1v) is 13.1. The van der Waals surface area contributed by atoms with Crippen LogP contribution in [-0.4, -0.2) is 48.2 Å². The third-order valence-electron chi connectivity index (χ3n) is 6.61. The summed E-state index contributed by atoms with van der Waals surface area (Å²) >= 11 is 18.3. The summed E-state index contributed by atoms with van der Waals surface area (Å²) in [6.45, 7) is 0.362. The van der Waals surface area contributed by atoms with Gasteiger partial charge in [0.2, 0.25) is 0 Å². The molecule has 2 unspecified atom stereocenters. The Morgan fingerprint density at radius 3 is 2.20 bits per heavy atom. The predicted molar refractivity (Wildman–Crippen MR) is 150 cm³/mol. The summed E-state index contributed by atoms with van der Waals surface area (Å²) in [5.41, 5.74) is 5.53. The van der Waals surface area contributed by atoms with Crippen LogP contribution in [0, 0.1) is 0 Å². The highest BCUT2D eigenvalue weighted by Gasteiger charge is 2.28. The van der Waals surface area contributed by atoms with Gasteiger partial charge in [0.05, 0.1) is 18.0 Å². The van der Waals surface area contributed by atoms with Crippen LogP contribution in [0.5, 0.6) is 0 Å². The van der Waals surface area contributed by atoms with Crippen molar-refractivity contribution in [2.75, 3.05) is 21.2 Å². The largest absolute Gasteiger partial charge is 0.378 e. The third kappa shape index (κ3) is 6.22. The predicted octanol–water partition coefficient (Wildman–Crippen LogP) is 7.01. The van der Waals surface area contributed by atoms with Crippen LogP contribution in [0.15, 0.2) is 54.6 Å². The van der Waals surface area contributed by atoms with Crippen molar-refractivity contribution in [3.63, 3.8) is 0 Å². The molecular formula is C28H31Cl2N3OS. The van der Waals surface area contributed by atoms with E-state index in [1.807, 2.05) is 48.5 Å². The number of hydrogen-bond acceptors (Lipinski definition) is 4. The van der Waals surface area contributed by atoms with Gasteiger partial charge in [-0.1, -0.05) is 72.5 Å². The van der Waals surface area contributed by atoms with Gasteiger partial charge in [0.15, 0.2) is 0 Å². The average molecular weight is 529 g/mol. The lowest BCUT2D eigenvalue weighted by atomic mass is 9.89. The maximum atomic E-state index is 6.19. The van der Waals surface area contributed by atoms with E-state index in [-0.39, 0.29) is 0 Å². The molecule has 1 aromatic heterocycles. The van der Waals surface area contributed by atoms with Gasteiger partial charge in [0, 0.05) is 45.9 Å². The summed E-state index contributed by atoms with van der Waals surface area (Å²) in [5.74, 6) is 0. The van der Waals surface area contributed by atoms with Crippen molar-refractivity contribution in [2.45, 2.75) is 44.4 Å². The monoisotopic (exact) mass is 527 g/mol. The van der Waals surface area contributed by atoms with E-state index in [0.29, 0.717) is 33.7 Å². The van der Waals surface area contributed by atoms with Crippen LogP contribution in [0.4, 0.5) is 0 Å². The summed E-state index contributed by atoms with van der Waals surface area (Å²) in [7, 11) is 5.97. The number of hydrogen-bond donors (Lipinski definition) is 1. The Hall–Kier alpha value is -2.02. The van der Waals surface area contributed by atoms with E-state index in [0.717, 1.165) is 40.1 Å². The first kappa shape index (κ1) is 26.1. The number of ether oxygens (including phenoxy) is 1. The number of thiocarbonyl (C=S) groups is 1. The highest BCUT2D eigenvalue weighted by molar-refractivity contribution is 7.80. The Bertz CT molecular complexity index is 1170. The number of nitrogens with one attached hydrogen (secondary N) is 1. The normalized spacial score (nSPS) is 18.0. The summed E-state index contributed by atoms with van der Waals surface area (Å²) in [6.07, 6.45) is 4.73. The van der Waals surface area contributed by atoms with Crippen molar-refractivity contribution in [1.82, 2.24) is 15.2 Å². The molecule has 35 heavy (non-hydrogen) atoms. The molecule has 1 aliphatic rings. The molecule has 0 saturated heterocycles. The molecule has 2 atom stereocenters. The standard InChI is InChI=1S/C28H31Cl2N3OS/c1-33(2)26-7-5-4-6-24(26)32-28(35)23-16-22(18-8-12-20(29)13-9-18)27(31-25(23)17-34-3)19-10-14-21(30)15-11-19/h8-16,24,26H,4-7,17H2,1-3H3,(H,32,35). The Kier molecular flexibility index (Phi) is 8.79. The molecule has 1 aliphatic carbocycles. The summed E-state index contributed by atoms with van der Waals surface area (Å²) < 4.78 is 5.54. The number of halogens is 2. The van der Waals surface area contributed by atoms with Gasteiger partial charge >= 0.3 is 0 Å². The van der Waals surface area contributed by atoms with Crippen molar-refractivity contribution >= 4 is 40.4 Å². The number of rotatable bonds is 7. The lowest BCUT2D eigenvalue weighted by Crippen LogP contribution is -2.51. The molecule has 1 saturated carbocycles. The topological polar surface area (TPSA) is 37.4 Å². The summed E-state index contributed by atoms with van der Waals surface area (Å²) in [5, 5.41) is 5.05. The zero-order valence-electron chi connectivity index (χ0n) is 20.4. The zero-order chi connectivity index (χ0) is 24.9. The Labute approximate surface area is 223 Å². The maximum Gasteiger partial charge on any atom is 0.108 e. The highest BCUT2D eigenvalue weighted by atomic mass is 35.5. The molecular weight excluding hydrogens is 497 g/mol. The molecule has 0 spiro atoms. The molecule has 4 rings (SSSR count). The molecule has 0 radical (unpaired) electrons. The van der Waals surface area contributed by atoms with Crippen LogP contribution >= 0.6 is 35.4 Å². The second kappa shape index (κ2) is 11.8.